The Morgan fingerprint density at radius 2 is 1.79 bits per heavy atom. The summed E-state index contributed by atoms with van der Waals surface area (Å²) >= 11 is 0. The van der Waals surface area contributed by atoms with E-state index in [1.54, 1.807) is 0 Å². The summed E-state index contributed by atoms with van der Waals surface area (Å²) in [5.74, 6) is 1.75. The van der Waals surface area contributed by atoms with Crippen molar-refractivity contribution in [1.82, 2.24) is 5.32 Å². The van der Waals surface area contributed by atoms with Crippen molar-refractivity contribution in [2.75, 3.05) is 6.54 Å². The van der Waals surface area contributed by atoms with Gasteiger partial charge in [0.15, 0.2) is 0 Å². The van der Waals surface area contributed by atoms with Gasteiger partial charge in [-0.1, -0.05) is 33.6 Å². The third-order valence-electron chi connectivity index (χ3n) is 3.43. The lowest BCUT2D eigenvalue weighted by atomic mass is 9.79. The van der Waals surface area contributed by atoms with Gasteiger partial charge in [0.1, 0.15) is 0 Å². The molecule has 3 N–H and O–H groups in total. The largest absolute Gasteiger partial charge is 0.329 e. The van der Waals surface area contributed by atoms with Gasteiger partial charge in [-0.15, -0.1) is 0 Å². The first-order valence-electron chi connectivity index (χ1n) is 6.09. The Morgan fingerprint density at radius 1 is 1.21 bits per heavy atom. The molecule has 0 spiro atoms. The van der Waals surface area contributed by atoms with E-state index in [0.29, 0.717) is 12.1 Å². The molecule has 1 aliphatic rings. The van der Waals surface area contributed by atoms with Gasteiger partial charge in [-0.3, -0.25) is 0 Å². The molecule has 1 saturated carbocycles. The standard InChI is InChI=1S/C12H26N2/c1-9(2)14-12(8-13)11-6-4-10(3)5-7-11/h9-12,14H,4-8,13H2,1-3H3. The second-order valence-corrected chi connectivity index (χ2v) is 5.18. The lowest BCUT2D eigenvalue weighted by Crippen LogP contribution is -2.46. The summed E-state index contributed by atoms with van der Waals surface area (Å²) in [4.78, 5) is 0. The van der Waals surface area contributed by atoms with Crippen molar-refractivity contribution in [1.29, 1.82) is 0 Å². The lowest BCUT2D eigenvalue weighted by Gasteiger charge is -2.33. The molecule has 0 saturated heterocycles. The molecule has 1 fully saturated rings. The van der Waals surface area contributed by atoms with Gasteiger partial charge in [-0.2, -0.15) is 0 Å². The monoisotopic (exact) mass is 198 g/mol. The van der Waals surface area contributed by atoms with Crippen LogP contribution in [0.15, 0.2) is 0 Å². The summed E-state index contributed by atoms with van der Waals surface area (Å²) in [5.41, 5.74) is 5.82. The highest BCUT2D eigenvalue weighted by Crippen LogP contribution is 2.30. The van der Waals surface area contributed by atoms with Crippen LogP contribution >= 0.6 is 0 Å². The Bertz CT molecular complexity index is 148. The predicted molar refractivity (Wildman–Crippen MR) is 62.2 cm³/mol. The summed E-state index contributed by atoms with van der Waals surface area (Å²) in [7, 11) is 0. The van der Waals surface area contributed by atoms with Crippen LogP contribution in [0.25, 0.3) is 0 Å². The maximum Gasteiger partial charge on any atom is 0.0220 e. The van der Waals surface area contributed by atoms with Crippen molar-refractivity contribution < 1.29 is 0 Å². The highest BCUT2D eigenvalue weighted by atomic mass is 15.0. The van der Waals surface area contributed by atoms with E-state index in [1.165, 1.54) is 25.7 Å². The molecule has 1 rings (SSSR count). The summed E-state index contributed by atoms with van der Waals surface area (Å²) in [5, 5.41) is 3.59. The van der Waals surface area contributed by atoms with E-state index in [9.17, 15) is 0 Å². The van der Waals surface area contributed by atoms with E-state index >= 15 is 0 Å². The Hall–Kier alpha value is -0.0800. The fraction of sp³-hybridized carbons (Fsp3) is 1.00. The molecule has 14 heavy (non-hydrogen) atoms. The molecule has 0 aliphatic heterocycles. The Morgan fingerprint density at radius 3 is 2.21 bits per heavy atom. The second kappa shape index (κ2) is 5.72. The first-order valence-corrected chi connectivity index (χ1v) is 6.09. The van der Waals surface area contributed by atoms with E-state index in [1.807, 2.05) is 0 Å². The van der Waals surface area contributed by atoms with Crippen molar-refractivity contribution in [2.24, 2.45) is 17.6 Å². The van der Waals surface area contributed by atoms with Crippen LogP contribution in [0.4, 0.5) is 0 Å². The molecule has 0 amide bonds. The maximum atomic E-state index is 5.82. The van der Waals surface area contributed by atoms with Gasteiger partial charge in [-0.05, 0) is 24.7 Å². The highest BCUT2D eigenvalue weighted by Gasteiger charge is 2.25. The molecule has 1 unspecified atom stereocenters. The van der Waals surface area contributed by atoms with E-state index in [4.69, 9.17) is 5.73 Å². The Kier molecular flexibility index (Phi) is 4.90. The fourth-order valence-electron chi connectivity index (χ4n) is 2.51. The van der Waals surface area contributed by atoms with Crippen LogP contribution < -0.4 is 11.1 Å². The summed E-state index contributed by atoms with van der Waals surface area (Å²) in [6.07, 6.45) is 5.51. The minimum absolute atomic E-state index is 0.544. The van der Waals surface area contributed by atoms with Crippen molar-refractivity contribution in [3.8, 4) is 0 Å². The minimum Gasteiger partial charge on any atom is -0.329 e. The van der Waals surface area contributed by atoms with Gasteiger partial charge in [-0.25, -0.2) is 0 Å². The molecule has 0 bridgehead atoms. The Labute approximate surface area is 88.6 Å². The van der Waals surface area contributed by atoms with Crippen molar-refractivity contribution >= 4 is 0 Å². The van der Waals surface area contributed by atoms with Crippen LogP contribution in [-0.4, -0.2) is 18.6 Å². The fourth-order valence-corrected chi connectivity index (χ4v) is 2.51. The SMILES string of the molecule is CC1CCC(C(CN)NC(C)C)CC1. The van der Waals surface area contributed by atoms with Crippen LogP contribution in [0.1, 0.15) is 46.5 Å². The molecule has 84 valence electrons. The highest BCUT2D eigenvalue weighted by molar-refractivity contribution is 4.82. The summed E-state index contributed by atoms with van der Waals surface area (Å²) in [6, 6.07) is 1.10. The molecule has 0 heterocycles. The van der Waals surface area contributed by atoms with Gasteiger partial charge in [0, 0.05) is 18.6 Å². The van der Waals surface area contributed by atoms with Crippen LogP contribution in [0.2, 0.25) is 0 Å². The van der Waals surface area contributed by atoms with E-state index in [-0.39, 0.29) is 0 Å². The average Bonchev–Trinajstić information content (AvgIpc) is 2.15. The smallest absolute Gasteiger partial charge is 0.0220 e. The third-order valence-corrected chi connectivity index (χ3v) is 3.43. The van der Waals surface area contributed by atoms with Crippen LogP contribution in [0.5, 0.6) is 0 Å². The third kappa shape index (κ3) is 3.58. The zero-order chi connectivity index (χ0) is 10.6. The van der Waals surface area contributed by atoms with Gasteiger partial charge in [0.2, 0.25) is 0 Å². The molecular formula is C12H26N2. The molecule has 0 aromatic heterocycles. The number of hydrogen-bond acceptors (Lipinski definition) is 2. The van der Waals surface area contributed by atoms with Crippen molar-refractivity contribution in [2.45, 2.75) is 58.5 Å². The molecule has 0 radical (unpaired) electrons. The van der Waals surface area contributed by atoms with E-state index in [2.05, 4.69) is 26.1 Å². The lowest BCUT2D eigenvalue weighted by molar-refractivity contribution is 0.225. The molecule has 0 aromatic carbocycles. The number of hydrogen-bond donors (Lipinski definition) is 2. The summed E-state index contributed by atoms with van der Waals surface area (Å²) < 4.78 is 0. The van der Waals surface area contributed by atoms with Gasteiger partial charge >= 0.3 is 0 Å². The van der Waals surface area contributed by atoms with Gasteiger partial charge < -0.3 is 11.1 Å². The number of nitrogens with one attached hydrogen (secondary N) is 1. The predicted octanol–water partition coefficient (Wildman–Crippen LogP) is 2.14. The van der Waals surface area contributed by atoms with E-state index < -0.39 is 0 Å². The average molecular weight is 198 g/mol. The first-order chi connectivity index (χ1) is 6.63. The quantitative estimate of drug-likeness (QED) is 0.726. The molecule has 2 heteroatoms. The number of rotatable bonds is 4. The first kappa shape index (κ1) is 12.0. The molecule has 0 aromatic rings. The molecule has 1 aliphatic carbocycles. The molecule has 1 atom stereocenters. The minimum atomic E-state index is 0.544. The Balaban J connectivity index is 2.36. The normalized spacial score (nSPS) is 30.6. The zero-order valence-electron chi connectivity index (χ0n) is 9.92. The van der Waals surface area contributed by atoms with Crippen LogP contribution in [0, 0.1) is 11.8 Å². The van der Waals surface area contributed by atoms with Crippen molar-refractivity contribution in [3.05, 3.63) is 0 Å². The van der Waals surface area contributed by atoms with Crippen LogP contribution in [0.3, 0.4) is 0 Å². The maximum absolute atomic E-state index is 5.82. The van der Waals surface area contributed by atoms with E-state index in [0.717, 1.165) is 18.4 Å². The topological polar surface area (TPSA) is 38.0 Å². The number of nitrogens with two attached hydrogens (primary N) is 1. The molecule has 2 nitrogen and oxygen atoms in total. The van der Waals surface area contributed by atoms with Crippen molar-refractivity contribution in [3.63, 3.8) is 0 Å². The summed E-state index contributed by atoms with van der Waals surface area (Å²) in [6.45, 7) is 7.56. The molecular weight excluding hydrogens is 172 g/mol. The zero-order valence-corrected chi connectivity index (χ0v) is 9.92. The van der Waals surface area contributed by atoms with Gasteiger partial charge in [0.25, 0.3) is 0 Å². The van der Waals surface area contributed by atoms with Gasteiger partial charge in [0.05, 0.1) is 0 Å². The second-order valence-electron chi connectivity index (χ2n) is 5.18. The van der Waals surface area contributed by atoms with Crippen LogP contribution in [-0.2, 0) is 0 Å².